The molecule has 0 amide bonds. The first-order valence-corrected chi connectivity index (χ1v) is 18.9. The highest BCUT2D eigenvalue weighted by Crippen LogP contribution is 2.37. The minimum Gasteiger partial charge on any atom is -0.244 e. The number of aromatic nitrogens is 2. The Morgan fingerprint density at radius 2 is 0.625 bits per heavy atom. The number of pyridine rings is 2. The lowest BCUT2D eigenvalue weighted by Gasteiger charge is -2.19. The molecule has 0 spiro atoms. The number of fused-ring (bicyclic) bond motifs is 6. The van der Waals surface area contributed by atoms with Gasteiger partial charge in [-0.25, -0.2) is 20.0 Å². The van der Waals surface area contributed by atoms with E-state index in [1.807, 2.05) is 24.3 Å². The predicted octanol–water partition coefficient (Wildman–Crippen LogP) is 13.1. The van der Waals surface area contributed by atoms with Gasteiger partial charge in [-0.1, -0.05) is 146 Å². The lowest BCUT2D eigenvalue weighted by Crippen LogP contribution is -2.13. The molecule has 4 nitrogen and oxygen atoms in total. The topological polar surface area (TPSA) is 50.5 Å². The first-order chi connectivity index (χ1) is 27.7. The maximum absolute atomic E-state index is 5.55. The molecule has 0 radical (unpaired) electrons. The highest BCUT2D eigenvalue weighted by Gasteiger charge is 2.24. The van der Waals surface area contributed by atoms with E-state index in [-0.39, 0.29) is 0 Å². The molecular weight excluding hydrogens is 681 g/mol. The fourth-order valence-corrected chi connectivity index (χ4v) is 7.91. The van der Waals surface area contributed by atoms with Crippen LogP contribution in [0.2, 0.25) is 0 Å². The van der Waals surface area contributed by atoms with Gasteiger partial charge in [-0.2, -0.15) is 0 Å². The van der Waals surface area contributed by atoms with Crippen molar-refractivity contribution in [3.63, 3.8) is 0 Å². The van der Waals surface area contributed by atoms with Gasteiger partial charge in [0.05, 0.1) is 33.8 Å². The van der Waals surface area contributed by atoms with Crippen LogP contribution in [0.3, 0.4) is 0 Å². The molecule has 0 fully saturated rings. The van der Waals surface area contributed by atoms with Gasteiger partial charge in [-0.05, 0) is 92.3 Å². The highest BCUT2D eigenvalue weighted by molar-refractivity contribution is 6.23. The Bertz CT molecular complexity index is 3050. The Kier molecular flexibility index (Phi) is 7.46. The van der Waals surface area contributed by atoms with Crippen molar-refractivity contribution in [3.8, 4) is 22.3 Å². The van der Waals surface area contributed by atoms with E-state index in [0.29, 0.717) is 0 Å². The third-order valence-corrected chi connectivity index (χ3v) is 10.8. The number of aliphatic imine (C=N–C) groups is 2. The second kappa shape index (κ2) is 13.1. The molecule has 260 valence electrons. The average Bonchev–Trinajstić information content (AvgIpc) is 3.26. The Hall–Kier alpha value is -7.56. The monoisotopic (exact) mass is 712 g/mol. The predicted molar refractivity (Wildman–Crippen MR) is 233 cm³/mol. The summed E-state index contributed by atoms with van der Waals surface area (Å²) in [5.74, 6) is 0. The number of hydrogen-bond donors (Lipinski definition) is 0. The minimum absolute atomic E-state index is 0.723. The van der Waals surface area contributed by atoms with Crippen LogP contribution in [0.1, 0.15) is 22.5 Å². The van der Waals surface area contributed by atoms with Gasteiger partial charge in [0, 0.05) is 21.9 Å². The SMILES string of the molecule is c1cc(C2=Nc3cc4ccccc4nc3C(c3cccc(-c4ccc5ccccc5c4)c3)=Nc3cc4ccccc4nc32)cc(-c2ccc3ccccc3c2)c1. The van der Waals surface area contributed by atoms with E-state index in [2.05, 4.69) is 170 Å². The van der Waals surface area contributed by atoms with Crippen molar-refractivity contribution in [1.29, 1.82) is 0 Å². The Balaban J connectivity index is 1.15. The van der Waals surface area contributed by atoms with Crippen molar-refractivity contribution in [2.75, 3.05) is 0 Å². The molecule has 10 aromatic rings. The molecule has 56 heavy (non-hydrogen) atoms. The highest BCUT2D eigenvalue weighted by atomic mass is 14.9. The van der Waals surface area contributed by atoms with Crippen LogP contribution in [0.25, 0.3) is 65.6 Å². The van der Waals surface area contributed by atoms with E-state index in [4.69, 9.17) is 20.0 Å². The number of nitrogens with zero attached hydrogens (tertiary/aromatic N) is 4. The van der Waals surface area contributed by atoms with E-state index in [9.17, 15) is 0 Å². The van der Waals surface area contributed by atoms with E-state index >= 15 is 0 Å². The van der Waals surface area contributed by atoms with Crippen molar-refractivity contribution in [2.45, 2.75) is 0 Å². The van der Waals surface area contributed by atoms with Crippen LogP contribution >= 0.6 is 0 Å². The Morgan fingerprint density at radius 3 is 1.09 bits per heavy atom. The van der Waals surface area contributed by atoms with Gasteiger partial charge in [-0.3, -0.25) is 0 Å². The number of para-hydroxylation sites is 2. The first-order valence-electron chi connectivity index (χ1n) is 18.9. The quantitative estimate of drug-likeness (QED) is 0.182. The molecule has 0 bridgehead atoms. The van der Waals surface area contributed by atoms with E-state index in [0.717, 1.165) is 89.4 Å². The maximum atomic E-state index is 5.55. The Labute approximate surface area is 323 Å². The molecule has 11 rings (SSSR count). The van der Waals surface area contributed by atoms with Gasteiger partial charge in [0.2, 0.25) is 0 Å². The molecule has 4 heteroatoms. The van der Waals surface area contributed by atoms with Crippen molar-refractivity contribution in [3.05, 3.63) is 217 Å². The molecule has 0 atom stereocenters. The summed E-state index contributed by atoms with van der Waals surface area (Å²) < 4.78 is 0. The van der Waals surface area contributed by atoms with E-state index < -0.39 is 0 Å². The number of benzene rings is 8. The second-order valence-electron chi connectivity index (χ2n) is 14.3. The van der Waals surface area contributed by atoms with Crippen LogP contribution in [0.15, 0.2) is 204 Å². The zero-order valence-electron chi connectivity index (χ0n) is 30.3. The lowest BCUT2D eigenvalue weighted by molar-refractivity contribution is 1.27. The molecular formula is C52H32N4. The summed E-state index contributed by atoms with van der Waals surface area (Å²) in [6, 6.07) is 68.1. The van der Waals surface area contributed by atoms with Gasteiger partial charge in [0.15, 0.2) is 0 Å². The van der Waals surface area contributed by atoms with Crippen LogP contribution in [0.4, 0.5) is 11.4 Å². The fourth-order valence-electron chi connectivity index (χ4n) is 7.91. The summed E-state index contributed by atoms with van der Waals surface area (Å²) >= 11 is 0. The zero-order valence-corrected chi connectivity index (χ0v) is 30.3. The second-order valence-corrected chi connectivity index (χ2v) is 14.3. The van der Waals surface area contributed by atoms with Crippen LogP contribution in [-0.4, -0.2) is 21.4 Å². The molecule has 3 heterocycles. The van der Waals surface area contributed by atoms with E-state index in [1.165, 1.54) is 21.5 Å². The molecule has 0 unspecified atom stereocenters. The summed E-state index contributed by atoms with van der Waals surface area (Å²) in [4.78, 5) is 21.7. The molecule has 0 N–H and O–H groups in total. The Morgan fingerprint density at radius 1 is 0.250 bits per heavy atom. The molecule has 1 aliphatic rings. The molecule has 0 aliphatic carbocycles. The van der Waals surface area contributed by atoms with Gasteiger partial charge in [-0.15, -0.1) is 0 Å². The summed E-state index contributed by atoms with van der Waals surface area (Å²) in [5.41, 5.74) is 12.6. The normalized spacial score (nSPS) is 12.5. The number of rotatable bonds is 4. The van der Waals surface area contributed by atoms with Gasteiger partial charge in [0.1, 0.15) is 11.4 Å². The summed E-state index contributed by atoms with van der Waals surface area (Å²) in [6.45, 7) is 0. The smallest absolute Gasteiger partial charge is 0.116 e. The van der Waals surface area contributed by atoms with Crippen molar-refractivity contribution >= 4 is 66.1 Å². The molecule has 8 aromatic carbocycles. The largest absolute Gasteiger partial charge is 0.244 e. The zero-order chi connectivity index (χ0) is 37.0. The molecule has 1 aliphatic heterocycles. The standard InChI is InChI=1S/C52H32N4/c1-3-13-35-27-39(25-23-33(35)11-1)37-17-9-19-43(29-37)49-51-47(31-41-15-5-7-21-45(41)53-51)56-50(52-48(55-49)32-42-16-6-8-22-46(42)54-52)44-20-10-18-38(30-44)40-26-24-34-12-2-4-14-36(34)28-40/h1-32H. The lowest BCUT2D eigenvalue weighted by atomic mass is 9.95. The van der Waals surface area contributed by atoms with Crippen LogP contribution in [-0.2, 0) is 0 Å². The number of hydrogen-bond acceptors (Lipinski definition) is 4. The van der Waals surface area contributed by atoms with Gasteiger partial charge >= 0.3 is 0 Å². The van der Waals surface area contributed by atoms with E-state index in [1.54, 1.807) is 0 Å². The third kappa shape index (κ3) is 5.64. The van der Waals surface area contributed by atoms with Crippen molar-refractivity contribution in [1.82, 2.24) is 9.97 Å². The van der Waals surface area contributed by atoms with Crippen LogP contribution < -0.4 is 0 Å². The molecule has 0 saturated carbocycles. The van der Waals surface area contributed by atoms with Crippen molar-refractivity contribution in [2.24, 2.45) is 9.98 Å². The average molecular weight is 713 g/mol. The third-order valence-electron chi connectivity index (χ3n) is 10.8. The minimum atomic E-state index is 0.723. The van der Waals surface area contributed by atoms with Crippen LogP contribution in [0.5, 0.6) is 0 Å². The fraction of sp³-hybridized carbons (Fsp3) is 0. The molecule has 0 saturated heterocycles. The van der Waals surface area contributed by atoms with Gasteiger partial charge < -0.3 is 0 Å². The maximum Gasteiger partial charge on any atom is 0.116 e. The molecule has 2 aromatic heterocycles. The summed E-state index contributed by atoms with van der Waals surface area (Å²) in [6.07, 6.45) is 0. The first kappa shape index (κ1) is 31.9. The van der Waals surface area contributed by atoms with Crippen molar-refractivity contribution < 1.29 is 0 Å². The summed E-state index contributed by atoms with van der Waals surface area (Å²) in [7, 11) is 0. The van der Waals surface area contributed by atoms with Gasteiger partial charge in [0.25, 0.3) is 0 Å². The summed E-state index contributed by atoms with van der Waals surface area (Å²) in [5, 5.41) is 6.86. The van der Waals surface area contributed by atoms with Crippen LogP contribution in [0, 0.1) is 0 Å².